The second-order valence-corrected chi connectivity index (χ2v) is 14.1. The number of phenols is 1. The Balaban J connectivity index is 1.44. The molecule has 2 saturated heterocycles. The Morgan fingerprint density at radius 2 is 1.80 bits per heavy atom. The number of alkyl halides is 1. The van der Waals surface area contributed by atoms with Crippen molar-refractivity contribution in [3.63, 3.8) is 0 Å². The minimum absolute atomic E-state index is 0.0402. The van der Waals surface area contributed by atoms with Gasteiger partial charge in [0.05, 0.1) is 25.8 Å². The number of aliphatic hydroxyl groups is 1. The number of piperidine rings is 2. The second kappa shape index (κ2) is 12.2. The summed E-state index contributed by atoms with van der Waals surface area (Å²) in [6, 6.07) is 5.22. The summed E-state index contributed by atoms with van der Waals surface area (Å²) < 4.78 is 58.3. The lowest BCUT2D eigenvalue weighted by molar-refractivity contribution is -0.0526. The van der Waals surface area contributed by atoms with Crippen LogP contribution in [0.1, 0.15) is 57.4 Å². The van der Waals surface area contributed by atoms with Crippen molar-refractivity contribution in [2.24, 2.45) is 5.41 Å². The highest BCUT2D eigenvalue weighted by Crippen LogP contribution is 2.55. The molecular weight excluding hydrogens is 635 g/mol. The maximum atomic E-state index is 17.1. The molecule has 1 aliphatic carbocycles. The molecule has 258 valence electrons. The van der Waals surface area contributed by atoms with Crippen molar-refractivity contribution >= 4 is 27.5 Å². The van der Waals surface area contributed by atoms with E-state index in [1.807, 2.05) is 0 Å². The summed E-state index contributed by atoms with van der Waals surface area (Å²) in [5.74, 6) is 0.678. The van der Waals surface area contributed by atoms with Gasteiger partial charge in [0, 0.05) is 28.4 Å². The molecule has 0 amide bonds. The fourth-order valence-electron chi connectivity index (χ4n) is 8.58. The zero-order valence-corrected chi connectivity index (χ0v) is 28.0. The van der Waals surface area contributed by atoms with E-state index in [1.165, 1.54) is 31.4 Å². The lowest BCUT2D eigenvalue weighted by atomic mass is 9.67. The maximum Gasteiger partial charge on any atom is 0.319 e. The van der Waals surface area contributed by atoms with E-state index in [1.54, 1.807) is 4.90 Å². The van der Waals surface area contributed by atoms with Gasteiger partial charge in [-0.3, -0.25) is 0 Å². The molecule has 0 spiro atoms. The van der Waals surface area contributed by atoms with Crippen molar-refractivity contribution in [1.82, 2.24) is 19.9 Å². The van der Waals surface area contributed by atoms with Crippen molar-refractivity contribution in [2.45, 2.75) is 63.0 Å². The molecule has 0 radical (unpaired) electrons. The molecule has 3 atom stereocenters. The van der Waals surface area contributed by atoms with Crippen LogP contribution >= 0.6 is 0 Å². The van der Waals surface area contributed by atoms with Crippen LogP contribution in [0.5, 0.6) is 17.6 Å². The molecular formula is C37H40F3N5O4. The van der Waals surface area contributed by atoms with Crippen molar-refractivity contribution in [1.29, 1.82) is 0 Å². The average molecular weight is 676 g/mol. The molecule has 3 fully saturated rings. The van der Waals surface area contributed by atoms with Crippen LogP contribution in [0.3, 0.4) is 0 Å². The van der Waals surface area contributed by atoms with Crippen molar-refractivity contribution in [3.8, 4) is 41.2 Å². The van der Waals surface area contributed by atoms with Crippen LogP contribution < -0.4 is 14.4 Å². The zero-order chi connectivity index (χ0) is 34.7. The van der Waals surface area contributed by atoms with E-state index < -0.39 is 23.9 Å². The van der Waals surface area contributed by atoms with Gasteiger partial charge in [0.15, 0.2) is 5.82 Å². The standard InChI is InChI=1S/C37H40F3N5O4/c1-5-24-26(39)10-9-22-17-23(46)18-25(27(22)24)30-29(40)31-28(33(41-30)48-4)32(45-16-8-14-37(47,19-38)20-45)43-34(42-31)49-21-36-12-6-11-35(36,2)44(3)15-7-13-36/h1,9-10,17-18,46-47H,6-8,11-16,19-21H2,2-4H3/t35-,36-,37+/m1/s1. The fraction of sp³-hybridized carbons (Fsp3) is 0.486. The number of ether oxygens (including phenoxy) is 2. The number of aromatic nitrogens is 3. The average Bonchev–Trinajstić information content (AvgIpc) is 3.45. The van der Waals surface area contributed by atoms with Crippen LogP contribution in [0.15, 0.2) is 24.3 Å². The summed E-state index contributed by atoms with van der Waals surface area (Å²) >= 11 is 0. The maximum absolute atomic E-state index is 17.1. The first-order valence-corrected chi connectivity index (χ1v) is 16.7. The smallest absolute Gasteiger partial charge is 0.319 e. The summed E-state index contributed by atoms with van der Waals surface area (Å²) in [5, 5.41) is 22.3. The number of hydrogen-bond acceptors (Lipinski definition) is 9. The summed E-state index contributed by atoms with van der Waals surface area (Å²) in [6.07, 6.45) is 11.5. The van der Waals surface area contributed by atoms with E-state index in [-0.39, 0.29) is 80.5 Å². The van der Waals surface area contributed by atoms with Gasteiger partial charge in [-0.25, -0.2) is 18.2 Å². The highest BCUT2D eigenvalue weighted by Gasteiger charge is 2.56. The number of rotatable bonds is 7. The molecule has 0 bridgehead atoms. The topological polar surface area (TPSA) is 104 Å². The first-order valence-electron chi connectivity index (χ1n) is 16.7. The molecule has 3 aliphatic rings. The quantitative estimate of drug-likeness (QED) is 0.223. The number of methoxy groups -OCH3 is 1. The fourth-order valence-corrected chi connectivity index (χ4v) is 8.58. The van der Waals surface area contributed by atoms with Gasteiger partial charge in [-0.15, -0.1) is 6.42 Å². The highest BCUT2D eigenvalue weighted by molar-refractivity contribution is 6.04. The van der Waals surface area contributed by atoms with Crippen molar-refractivity contribution in [2.75, 3.05) is 52.0 Å². The third-order valence-electron chi connectivity index (χ3n) is 11.4. The molecule has 2 aromatic heterocycles. The van der Waals surface area contributed by atoms with Crippen LogP contribution in [0, 0.1) is 29.4 Å². The predicted molar refractivity (Wildman–Crippen MR) is 181 cm³/mol. The van der Waals surface area contributed by atoms with Crippen LogP contribution in [0.2, 0.25) is 0 Å². The molecule has 1 saturated carbocycles. The monoisotopic (exact) mass is 675 g/mol. The largest absolute Gasteiger partial charge is 0.508 e. The highest BCUT2D eigenvalue weighted by atomic mass is 19.1. The number of phenolic OH excluding ortho intramolecular Hbond substituents is 1. The lowest BCUT2D eigenvalue weighted by Gasteiger charge is -2.53. The van der Waals surface area contributed by atoms with Crippen LogP contribution in [0.4, 0.5) is 19.0 Å². The van der Waals surface area contributed by atoms with Gasteiger partial charge in [-0.05, 0) is 82.6 Å². The van der Waals surface area contributed by atoms with Crippen LogP contribution in [-0.4, -0.2) is 88.3 Å². The summed E-state index contributed by atoms with van der Waals surface area (Å²) in [6.45, 7) is 2.92. The number of terminal acetylenes is 1. The van der Waals surface area contributed by atoms with Gasteiger partial charge < -0.3 is 29.5 Å². The number of likely N-dealkylation sites (tertiary alicyclic amines) is 1. The van der Waals surface area contributed by atoms with Gasteiger partial charge in [0.25, 0.3) is 0 Å². The number of aromatic hydroxyl groups is 1. The number of pyridine rings is 1. The predicted octanol–water partition coefficient (Wildman–Crippen LogP) is 6.15. The summed E-state index contributed by atoms with van der Waals surface area (Å²) in [5.41, 5.74) is -2.41. The van der Waals surface area contributed by atoms with Crippen LogP contribution in [-0.2, 0) is 0 Å². The molecule has 4 aromatic rings. The first-order chi connectivity index (χ1) is 23.5. The molecule has 0 unspecified atom stereocenters. The summed E-state index contributed by atoms with van der Waals surface area (Å²) in [7, 11) is 3.50. The van der Waals surface area contributed by atoms with E-state index in [4.69, 9.17) is 20.9 Å². The van der Waals surface area contributed by atoms with Gasteiger partial charge in [-0.2, -0.15) is 9.97 Å². The number of β-amino-alcohol motifs (C(OH)–C–C–N with tert-alkyl or cyclic N) is 1. The van der Waals surface area contributed by atoms with Gasteiger partial charge in [0.1, 0.15) is 46.3 Å². The Bertz CT molecular complexity index is 2010. The van der Waals surface area contributed by atoms with E-state index in [2.05, 4.69) is 34.8 Å². The van der Waals surface area contributed by atoms with Crippen molar-refractivity contribution < 1.29 is 32.9 Å². The van der Waals surface area contributed by atoms with Gasteiger partial charge >= 0.3 is 6.01 Å². The Morgan fingerprint density at radius 1 is 1.02 bits per heavy atom. The Morgan fingerprint density at radius 3 is 2.55 bits per heavy atom. The minimum atomic E-state index is -1.62. The molecule has 2 aromatic carbocycles. The number of hydrogen-bond donors (Lipinski definition) is 2. The second-order valence-electron chi connectivity index (χ2n) is 14.1. The van der Waals surface area contributed by atoms with E-state index >= 15 is 4.39 Å². The van der Waals surface area contributed by atoms with Crippen LogP contribution in [0.25, 0.3) is 32.9 Å². The zero-order valence-electron chi connectivity index (χ0n) is 28.0. The Kier molecular flexibility index (Phi) is 8.27. The number of benzene rings is 2. The molecule has 2 aliphatic heterocycles. The third kappa shape index (κ3) is 5.29. The van der Waals surface area contributed by atoms with E-state index in [0.717, 1.165) is 38.6 Å². The minimum Gasteiger partial charge on any atom is -0.508 e. The van der Waals surface area contributed by atoms with Crippen molar-refractivity contribution in [3.05, 3.63) is 41.5 Å². The molecule has 2 N–H and O–H groups in total. The van der Waals surface area contributed by atoms with Gasteiger partial charge in [0.2, 0.25) is 5.88 Å². The number of nitrogens with zero attached hydrogens (tertiary/aromatic N) is 5. The number of anilines is 1. The first kappa shape index (κ1) is 33.2. The lowest BCUT2D eigenvalue weighted by Crippen LogP contribution is -2.59. The molecule has 4 heterocycles. The SMILES string of the molecule is C#Cc1c(F)ccc2cc(O)cc(-c3nc(OC)c4c(N5CCC[C@](O)(CF)C5)nc(OC[C@@]56CCCN(C)[C@]5(C)CCC6)nc4c3F)c12. The van der Waals surface area contributed by atoms with Gasteiger partial charge in [-0.1, -0.05) is 18.4 Å². The Hall–Kier alpha value is -4.34. The van der Waals surface area contributed by atoms with E-state index in [0.29, 0.717) is 25.0 Å². The number of halogens is 3. The molecule has 49 heavy (non-hydrogen) atoms. The molecule has 9 nitrogen and oxygen atoms in total. The number of fused-ring (bicyclic) bond motifs is 3. The normalized spacial score (nSPS) is 25.8. The third-order valence-corrected chi connectivity index (χ3v) is 11.4. The molecule has 7 rings (SSSR count). The summed E-state index contributed by atoms with van der Waals surface area (Å²) in [4.78, 5) is 18.0. The molecule has 12 heteroatoms. The Labute approximate surface area is 283 Å². The van der Waals surface area contributed by atoms with E-state index in [9.17, 15) is 19.0 Å².